The third kappa shape index (κ3) is 5.61. The van der Waals surface area contributed by atoms with Gasteiger partial charge in [-0.1, -0.05) is 57.9 Å². The van der Waals surface area contributed by atoms with Crippen LogP contribution in [0.15, 0.2) is 59.1 Å². The van der Waals surface area contributed by atoms with Crippen LogP contribution in [0.3, 0.4) is 0 Å². The monoisotopic (exact) mass is 566 g/mol. The SMILES string of the molecule is CNc1cc(C#Cc2ccc(OCc3c(-c4c(Cl)cccc4Cl)noc3C3CC3)cc2Cl)cc(C(=O)O)c1. The second-order valence-electron chi connectivity index (χ2n) is 8.78. The maximum absolute atomic E-state index is 11.4. The first-order chi connectivity index (χ1) is 18.3. The Labute approximate surface area is 234 Å². The van der Waals surface area contributed by atoms with E-state index in [2.05, 4.69) is 22.3 Å². The molecule has 0 atom stereocenters. The molecule has 3 aromatic carbocycles. The second kappa shape index (κ2) is 11.0. The van der Waals surface area contributed by atoms with E-state index >= 15 is 0 Å². The van der Waals surface area contributed by atoms with Crippen LogP contribution in [-0.4, -0.2) is 23.3 Å². The molecule has 38 heavy (non-hydrogen) atoms. The Morgan fingerprint density at radius 2 is 1.84 bits per heavy atom. The molecule has 0 saturated heterocycles. The molecule has 0 amide bonds. The fraction of sp³-hybridized carbons (Fsp3) is 0.172. The average Bonchev–Trinajstić information content (AvgIpc) is 3.66. The van der Waals surface area contributed by atoms with Gasteiger partial charge < -0.3 is 19.7 Å². The summed E-state index contributed by atoms with van der Waals surface area (Å²) in [4.78, 5) is 11.4. The third-order valence-corrected chi connectivity index (χ3v) is 7.04. The highest BCUT2D eigenvalue weighted by molar-refractivity contribution is 6.39. The van der Waals surface area contributed by atoms with Crippen LogP contribution in [0.25, 0.3) is 11.3 Å². The molecule has 4 aromatic rings. The highest BCUT2D eigenvalue weighted by atomic mass is 35.5. The molecular formula is C29H21Cl3N2O4. The molecule has 1 saturated carbocycles. The molecule has 0 aliphatic heterocycles. The van der Waals surface area contributed by atoms with Crippen LogP contribution in [0.5, 0.6) is 5.75 Å². The smallest absolute Gasteiger partial charge is 0.335 e. The van der Waals surface area contributed by atoms with Gasteiger partial charge in [-0.25, -0.2) is 4.79 Å². The molecule has 0 spiro atoms. The van der Waals surface area contributed by atoms with Crippen molar-refractivity contribution in [3.05, 3.63) is 97.7 Å². The number of ether oxygens (including phenoxy) is 1. The van der Waals surface area contributed by atoms with E-state index in [1.807, 2.05) is 0 Å². The van der Waals surface area contributed by atoms with Gasteiger partial charge in [0.1, 0.15) is 23.8 Å². The van der Waals surface area contributed by atoms with E-state index in [0.717, 1.165) is 24.2 Å². The summed E-state index contributed by atoms with van der Waals surface area (Å²) in [6, 6.07) is 15.3. The average molecular weight is 568 g/mol. The Morgan fingerprint density at radius 3 is 2.50 bits per heavy atom. The number of aromatic carboxylic acids is 1. The number of nitrogens with one attached hydrogen (secondary N) is 1. The molecule has 5 rings (SSSR count). The van der Waals surface area contributed by atoms with Crippen molar-refractivity contribution in [1.29, 1.82) is 0 Å². The Kier molecular flexibility index (Phi) is 7.53. The number of aromatic nitrogens is 1. The lowest BCUT2D eigenvalue weighted by Crippen LogP contribution is -2.00. The summed E-state index contributed by atoms with van der Waals surface area (Å²) in [5.41, 5.74) is 3.92. The maximum atomic E-state index is 11.4. The number of halogens is 3. The van der Waals surface area contributed by atoms with Gasteiger partial charge in [0.15, 0.2) is 0 Å². The van der Waals surface area contributed by atoms with Gasteiger partial charge in [-0.2, -0.15) is 0 Å². The zero-order chi connectivity index (χ0) is 26.8. The molecule has 1 aromatic heterocycles. The van der Waals surface area contributed by atoms with Crippen LogP contribution in [0, 0.1) is 11.8 Å². The lowest BCUT2D eigenvalue weighted by Gasteiger charge is -2.10. The summed E-state index contributed by atoms with van der Waals surface area (Å²) in [5.74, 6) is 6.60. The van der Waals surface area contributed by atoms with E-state index in [1.54, 1.807) is 55.6 Å². The van der Waals surface area contributed by atoms with Gasteiger partial charge >= 0.3 is 5.97 Å². The minimum atomic E-state index is -1.03. The Morgan fingerprint density at radius 1 is 1.08 bits per heavy atom. The van der Waals surface area contributed by atoms with Crippen LogP contribution < -0.4 is 10.1 Å². The van der Waals surface area contributed by atoms with E-state index in [-0.39, 0.29) is 12.2 Å². The molecule has 9 heteroatoms. The van der Waals surface area contributed by atoms with E-state index in [0.29, 0.717) is 54.8 Å². The van der Waals surface area contributed by atoms with Gasteiger partial charge in [0.25, 0.3) is 0 Å². The fourth-order valence-electron chi connectivity index (χ4n) is 4.00. The van der Waals surface area contributed by atoms with Gasteiger partial charge in [-0.05, 0) is 55.3 Å². The predicted octanol–water partition coefficient (Wildman–Crippen LogP) is 7.90. The molecule has 1 aliphatic carbocycles. The van der Waals surface area contributed by atoms with Crippen LogP contribution in [0.4, 0.5) is 5.69 Å². The third-order valence-electron chi connectivity index (χ3n) is 6.10. The van der Waals surface area contributed by atoms with Crippen molar-refractivity contribution < 1.29 is 19.2 Å². The minimum Gasteiger partial charge on any atom is -0.489 e. The largest absolute Gasteiger partial charge is 0.489 e. The first kappa shape index (κ1) is 26.0. The summed E-state index contributed by atoms with van der Waals surface area (Å²) in [5, 5.41) is 17.9. The molecule has 0 bridgehead atoms. The van der Waals surface area contributed by atoms with E-state index in [9.17, 15) is 9.90 Å². The van der Waals surface area contributed by atoms with Crippen LogP contribution in [-0.2, 0) is 6.61 Å². The number of benzene rings is 3. The number of carboxylic acids is 1. The van der Waals surface area contributed by atoms with Crippen LogP contribution >= 0.6 is 34.8 Å². The number of rotatable bonds is 7. The van der Waals surface area contributed by atoms with Crippen molar-refractivity contribution in [1.82, 2.24) is 5.16 Å². The Hall–Kier alpha value is -3.63. The predicted molar refractivity (Wildman–Crippen MR) is 149 cm³/mol. The van der Waals surface area contributed by atoms with Gasteiger partial charge in [0.05, 0.1) is 26.2 Å². The lowest BCUT2D eigenvalue weighted by molar-refractivity contribution is 0.0697. The van der Waals surface area contributed by atoms with Crippen molar-refractivity contribution in [2.24, 2.45) is 0 Å². The minimum absolute atomic E-state index is 0.146. The quantitative estimate of drug-likeness (QED) is 0.221. The molecular weight excluding hydrogens is 547 g/mol. The zero-order valence-electron chi connectivity index (χ0n) is 20.1. The molecule has 1 aliphatic rings. The number of hydrogen-bond acceptors (Lipinski definition) is 5. The molecule has 1 heterocycles. The first-order valence-electron chi connectivity index (χ1n) is 11.8. The van der Waals surface area contributed by atoms with Crippen LogP contribution in [0.1, 0.15) is 51.6 Å². The summed E-state index contributed by atoms with van der Waals surface area (Å²) < 4.78 is 11.8. The van der Waals surface area contributed by atoms with Crippen molar-refractivity contribution in [3.63, 3.8) is 0 Å². The molecule has 192 valence electrons. The zero-order valence-corrected chi connectivity index (χ0v) is 22.4. The van der Waals surface area contributed by atoms with Gasteiger partial charge in [0, 0.05) is 41.4 Å². The Bertz CT molecular complexity index is 1580. The lowest BCUT2D eigenvalue weighted by atomic mass is 10.0. The van der Waals surface area contributed by atoms with E-state index < -0.39 is 5.97 Å². The number of nitrogens with zero attached hydrogens (tertiary/aromatic N) is 1. The van der Waals surface area contributed by atoms with Gasteiger partial charge in [-0.3, -0.25) is 0 Å². The summed E-state index contributed by atoms with van der Waals surface area (Å²) in [7, 11) is 1.72. The topological polar surface area (TPSA) is 84.6 Å². The summed E-state index contributed by atoms with van der Waals surface area (Å²) >= 11 is 19.4. The second-order valence-corrected chi connectivity index (χ2v) is 10.0. The summed E-state index contributed by atoms with van der Waals surface area (Å²) in [6.07, 6.45) is 2.06. The molecule has 6 nitrogen and oxygen atoms in total. The van der Waals surface area contributed by atoms with Gasteiger partial charge in [-0.15, -0.1) is 0 Å². The van der Waals surface area contributed by atoms with Crippen LogP contribution in [0.2, 0.25) is 15.1 Å². The highest BCUT2D eigenvalue weighted by Gasteiger charge is 2.33. The van der Waals surface area contributed by atoms with Crippen molar-refractivity contribution in [3.8, 4) is 28.8 Å². The highest BCUT2D eigenvalue weighted by Crippen LogP contribution is 2.46. The number of hydrogen-bond donors (Lipinski definition) is 2. The van der Waals surface area contributed by atoms with Crippen molar-refractivity contribution in [2.45, 2.75) is 25.4 Å². The first-order valence-corrected chi connectivity index (χ1v) is 12.9. The van der Waals surface area contributed by atoms with Crippen molar-refractivity contribution in [2.75, 3.05) is 12.4 Å². The number of carboxylic acid groups (broad SMARTS) is 1. The molecule has 0 unspecified atom stereocenters. The molecule has 0 radical (unpaired) electrons. The normalized spacial score (nSPS) is 12.5. The van der Waals surface area contributed by atoms with Gasteiger partial charge in [0.2, 0.25) is 0 Å². The Balaban J connectivity index is 1.38. The van der Waals surface area contributed by atoms with E-state index in [4.69, 9.17) is 44.1 Å². The fourth-order valence-corrected chi connectivity index (χ4v) is 4.79. The number of anilines is 1. The van der Waals surface area contributed by atoms with E-state index in [1.165, 1.54) is 6.07 Å². The molecule has 2 N–H and O–H groups in total. The molecule has 1 fully saturated rings. The number of carbonyl (C=O) groups is 1. The summed E-state index contributed by atoms with van der Waals surface area (Å²) in [6.45, 7) is 0.197. The van der Waals surface area contributed by atoms with Crippen molar-refractivity contribution >= 4 is 46.5 Å². The standard InChI is InChI=1S/C29H21Cl3N2O4/c1-33-20-12-16(11-19(13-20)29(35)36)5-6-17-9-10-21(14-25(17)32)37-15-22-27(34-38-28(22)18-7-8-18)26-23(30)3-2-4-24(26)31/h2-4,9-14,18,33H,7-8,15H2,1H3,(H,35,36). The maximum Gasteiger partial charge on any atom is 0.335 e.